The van der Waals surface area contributed by atoms with Crippen LogP contribution in [0.2, 0.25) is 0 Å². The van der Waals surface area contributed by atoms with Crippen molar-refractivity contribution in [3.8, 4) is 0 Å². The van der Waals surface area contributed by atoms with Crippen molar-refractivity contribution >= 4 is 5.84 Å². The first-order chi connectivity index (χ1) is 8.25. The summed E-state index contributed by atoms with van der Waals surface area (Å²) < 4.78 is 0. The van der Waals surface area contributed by atoms with Crippen LogP contribution in [-0.2, 0) is 0 Å². The molecule has 98 valence electrons. The highest BCUT2D eigenvalue weighted by molar-refractivity contribution is 5.83. The Bertz CT molecular complexity index is 259. The second-order valence-electron chi connectivity index (χ2n) is 4.60. The van der Waals surface area contributed by atoms with E-state index in [4.69, 9.17) is 0 Å². The Kier molecular flexibility index (Phi) is 6.94. The van der Waals surface area contributed by atoms with Crippen molar-refractivity contribution in [2.45, 2.75) is 58.6 Å². The van der Waals surface area contributed by atoms with Gasteiger partial charge in [-0.05, 0) is 32.6 Å². The fourth-order valence-corrected chi connectivity index (χ4v) is 2.14. The highest BCUT2D eigenvalue weighted by Gasteiger charge is 2.19. The molecule has 1 aliphatic rings. The first-order valence-corrected chi connectivity index (χ1v) is 6.88. The van der Waals surface area contributed by atoms with Gasteiger partial charge in [0.2, 0.25) is 0 Å². The van der Waals surface area contributed by atoms with Gasteiger partial charge in [0.1, 0.15) is 12.1 Å². The van der Waals surface area contributed by atoms with Gasteiger partial charge in [0.25, 0.3) is 0 Å². The highest BCUT2D eigenvalue weighted by atomic mass is 16.3. The van der Waals surface area contributed by atoms with E-state index in [9.17, 15) is 5.11 Å². The average Bonchev–Trinajstić information content (AvgIpc) is 2.76. The summed E-state index contributed by atoms with van der Waals surface area (Å²) in [4.78, 5) is 6.47. The Balaban J connectivity index is 2.08. The number of hydrogen-bond acceptors (Lipinski definition) is 3. The molecule has 1 aliphatic heterocycles. The molecule has 1 N–H and O–H groups in total. The molecule has 1 rings (SSSR count). The lowest BCUT2D eigenvalue weighted by atomic mass is 10.1. The molecule has 1 heterocycles. The molecule has 0 radical (unpaired) electrons. The van der Waals surface area contributed by atoms with Gasteiger partial charge in [-0.1, -0.05) is 25.5 Å². The van der Waals surface area contributed by atoms with Crippen LogP contribution in [0.1, 0.15) is 52.4 Å². The van der Waals surface area contributed by atoms with E-state index in [1.54, 1.807) is 0 Å². The molecular formula is C14H26N2O. The molecule has 1 unspecified atom stereocenters. The van der Waals surface area contributed by atoms with Gasteiger partial charge < -0.3 is 10.0 Å². The van der Waals surface area contributed by atoms with Gasteiger partial charge in [-0.15, -0.1) is 0 Å². The third-order valence-electron chi connectivity index (χ3n) is 3.09. The number of aliphatic imine (C=N–C) groups is 1. The van der Waals surface area contributed by atoms with Gasteiger partial charge in [-0.3, -0.25) is 4.99 Å². The van der Waals surface area contributed by atoms with E-state index in [0.29, 0.717) is 0 Å². The molecule has 1 atom stereocenters. The highest BCUT2D eigenvalue weighted by Crippen LogP contribution is 2.12. The molecule has 0 saturated carbocycles. The molecule has 0 aromatic rings. The van der Waals surface area contributed by atoms with E-state index in [2.05, 4.69) is 24.1 Å². The van der Waals surface area contributed by atoms with E-state index in [0.717, 1.165) is 31.8 Å². The number of amidine groups is 1. The monoisotopic (exact) mass is 238 g/mol. The maximum atomic E-state index is 9.56. The second kappa shape index (κ2) is 8.29. The number of allylic oxidation sites excluding steroid dienone is 2. The smallest absolute Gasteiger partial charge is 0.125 e. The molecule has 0 saturated heterocycles. The maximum Gasteiger partial charge on any atom is 0.125 e. The first-order valence-electron chi connectivity index (χ1n) is 6.88. The second-order valence-corrected chi connectivity index (χ2v) is 4.60. The average molecular weight is 238 g/mol. The van der Waals surface area contributed by atoms with E-state index in [1.165, 1.54) is 25.7 Å². The van der Waals surface area contributed by atoms with Gasteiger partial charge >= 0.3 is 0 Å². The Hall–Kier alpha value is -0.830. The summed E-state index contributed by atoms with van der Waals surface area (Å²) in [5, 5.41) is 9.56. The number of unbranched alkanes of at least 4 members (excludes halogenated alkanes) is 3. The van der Waals surface area contributed by atoms with E-state index >= 15 is 0 Å². The lowest BCUT2D eigenvalue weighted by molar-refractivity contribution is 0.0766. The third-order valence-corrected chi connectivity index (χ3v) is 3.09. The predicted octanol–water partition coefficient (Wildman–Crippen LogP) is 2.96. The summed E-state index contributed by atoms with van der Waals surface area (Å²) in [7, 11) is 0. The van der Waals surface area contributed by atoms with Gasteiger partial charge in [-0.2, -0.15) is 0 Å². The van der Waals surface area contributed by atoms with E-state index in [1.807, 2.05) is 11.8 Å². The molecular weight excluding hydrogens is 212 g/mol. The summed E-state index contributed by atoms with van der Waals surface area (Å²) in [5.74, 6) is 1.10. The fraction of sp³-hybridized carbons (Fsp3) is 0.786. The van der Waals surface area contributed by atoms with Crippen molar-refractivity contribution in [3.63, 3.8) is 0 Å². The standard InChI is InChI=1S/C14H26N2O/c1-3-4-5-6-7-8-9-10-14-15-11-12-16(14)13(2)17/h4-5,13,17H,3,6-12H2,1-2H3/b5-4+. The number of nitrogens with zero attached hydrogens (tertiary/aromatic N) is 2. The van der Waals surface area contributed by atoms with Gasteiger partial charge in [0.15, 0.2) is 0 Å². The van der Waals surface area contributed by atoms with Gasteiger partial charge in [0.05, 0.1) is 6.54 Å². The Morgan fingerprint density at radius 3 is 2.88 bits per heavy atom. The van der Waals surface area contributed by atoms with Crippen LogP contribution in [0, 0.1) is 0 Å². The Labute approximate surface area is 105 Å². The van der Waals surface area contributed by atoms with E-state index < -0.39 is 0 Å². The first kappa shape index (κ1) is 14.2. The number of aliphatic hydroxyl groups excluding tert-OH is 1. The zero-order chi connectivity index (χ0) is 12.5. The lowest BCUT2D eigenvalue weighted by Gasteiger charge is -2.23. The van der Waals surface area contributed by atoms with Crippen LogP contribution < -0.4 is 0 Å². The number of aliphatic hydroxyl groups is 1. The van der Waals surface area contributed by atoms with Gasteiger partial charge in [0, 0.05) is 13.0 Å². The maximum absolute atomic E-state index is 9.56. The van der Waals surface area contributed by atoms with Crippen LogP contribution in [-0.4, -0.2) is 35.2 Å². The molecule has 0 bridgehead atoms. The molecule has 17 heavy (non-hydrogen) atoms. The zero-order valence-electron chi connectivity index (χ0n) is 11.2. The summed E-state index contributed by atoms with van der Waals surface area (Å²) >= 11 is 0. The normalized spacial score (nSPS) is 17.8. The molecule has 3 heteroatoms. The van der Waals surface area contributed by atoms with Crippen molar-refractivity contribution < 1.29 is 5.11 Å². The number of rotatable bonds is 8. The minimum Gasteiger partial charge on any atom is -0.374 e. The molecule has 0 aromatic carbocycles. The topological polar surface area (TPSA) is 35.8 Å². The molecule has 3 nitrogen and oxygen atoms in total. The quantitative estimate of drug-likeness (QED) is 0.521. The van der Waals surface area contributed by atoms with Crippen LogP contribution in [0.25, 0.3) is 0 Å². The van der Waals surface area contributed by atoms with Crippen molar-refractivity contribution in [2.75, 3.05) is 13.1 Å². The van der Waals surface area contributed by atoms with Crippen molar-refractivity contribution in [2.24, 2.45) is 4.99 Å². The van der Waals surface area contributed by atoms with Crippen LogP contribution in [0.15, 0.2) is 17.1 Å². The zero-order valence-corrected chi connectivity index (χ0v) is 11.2. The summed E-state index contributed by atoms with van der Waals surface area (Å²) in [5.41, 5.74) is 0. The Morgan fingerprint density at radius 1 is 1.35 bits per heavy atom. The SMILES string of the molecule is CC/C=C/CCCCCC1=NCCN1C(C)O. The summed E-state index contributed by atoms with van der Waals surface area (Å²) in [6.07, 6.45) is 11.2. The van der Waals surface area contributed by atoms with Crippen LogP contribution in [0.3, 0.4) is 0 Å². The molecule has 0 aromatic heterocycles. The molecule has 0 spiro atoms. The van der Waals surface area contributed by atoms with Crippen molar-refractivity contribution in [3.05, 3.63) is 12.2 Å². The van der Waals surface area contributed by atoms with Crippen molar-refractivity contribution in [1.82, 2.24) is 4.90 Å². The van der Waals surface area contributed by atoms with Crippen LogP contribution in [0.5, 0.6) is 0 Å². The van der Waals surface area contributed by atoms with Crippen LogP contribution >= 0.6 is 0 Å². The third kappa shape index (κ3) is 5.35. The van der Waals surface area contributed by atoms with Gasteiger partial charge in [-0.25, -0.2) is 0 Å². The van der Waals surface area contributed by atoms with Crippen molar-refractivity contribution in [1.29, 1.82) is 0 Å². The lowest BCUT2D eigenvalue weighted by Crippen LogP contribution is -2.35. The predicted molar refractivity (Wildman–Crippen MR) is 73.2 cm³/mol. The Morgan fingerprint density at radius 2 is 2.18 bits per heavy atom. The largest absolute Gasteiger partial charge is 0.374 e. The molecule has 0 fully saturated rings. The van der Waals surface area contributed by atoms with Crippen LogP contribution in [0.4, 0.5) is 0 Å². The fourth-order valence-electron chi connectivity index (χ4n) is 2.14. The summed E-state index contributed by atoms with van der Waals surface area (Å²) in [6.45, 7) is 5.71. The summed E-state index contributed by atoms with van der Waals surface area (Å²) in [6, 6.07) is 0. The number of hydrogen-bond donors (Lipinski definition) is 1. The van der Waals surface area contributed by atoms with E-state index in [-0.39, 0.29) is 6.23 Å². The molecule has 0 aliphatic carbocycles. The minimum absolute atomic E-state index is 0.385. The minimum atomic E-state index is -0.385. The molecule has 0 amide bonds.